The molecule has 3 saturated heterocycles. The number of nitrogens with zero attached hydrogens (tertiary/aromatic N) is 5. The number of hydrogen-bond donors (Lipinski definition) is 1. The van der Waals surface area contributed by atoms with Gasteiger partial charge in [0.2, 0.25) is 0 Å². The van der Waals surface area contributed by atoms with Gasteiger partial charge < -0.3 is 29.7 Å². The number of benzene rings is 2. The van der Waals surface area contributed by atoms with Gasteiger partial charge in [-0.25, -0.2) is 9.59 Å². The molecule has 4 amide bonds. The van der Waals surface area contributed by atoms with Crippen molar-refractivity contribution in [1.82, 2.24) is 24.5 Å². The Morgan fingerprint density at radius 3 is 2.39 bits per heavy atom. The number of carbonyl (C=O) groups excluding carboxylic acids is 3. The Hall–Kier alpha value is -2.67. The fraction of sp³-hybridized carbons (Fsp3) is 0.559. The molecule has 4 heterocycles. The summed E-state index contributed by atoms with van der Waals surface area (Å²) < 4.78 is 7.86. The monoisotopic (exact) mass is 758 g/mol. The molecule has 0 aliphatic carbocycles. The van der Waals surface area contributed by atoms with E-state index >= 15 is 0 Å². The number of anilines is 1. The van der Waals surface area contributed by atoms with Crippen LogP contribution in [0.15, 0.2) is 51.4 Å². The molecule has 1 unspecified atom stereocenters. The van der Waals surface area contributed by atoms with Gasteiger partial charge in [0.1, 0.15) is 0 Å². The molecule has 0 radical (unpaired) electrons. The molecule has 6 rings (SSSR count). The van der Waals surface area contributed by atoms with Crippen molar-refractivity contribution in [3.8, 4) is 0 Å². The summed E-state index contributed by atoms with van der Waals surface area (Å²) in [5, 5.41) is 3.06. The number of nitrogens with one attached hydrogen (secondary N) is 1. The first-order valence-corrected chi connectivity index (χ1v) is 18.1. The number of hydrogen-bond acceptors (Lipinski definition) is 6. The molecule has 248 valence electrons. The van der Waals surface area contributed by atoms with Crippen molar-refractivity contribution in [3.05, 3.63) is 62.5 Å². The van der Waals surface area contributed by atoms with E-state index in [1.807, 2.05) is 46.2 Å². The van der Waals surface area contributed by atoms with E-state index < -0.39 is 12.2 Å². The number of halogens is 2. The molecule has 0 spiro atoms. The molecule has 0 aromatic heterocycles. The Morgan fingerprint density at radius 2 is 1.65 bits per heavy atom. The second-order valence-corrected chi connectivity index (χ2v) is 14.7. The molecule has 0 saturated carbocycles. The fourth-order valence-corrected chi connectivity index (χ4v) is 7.98. The van der Waals surface area contributed by atoms with Crippen LogP contribution in [0.25, 0.3) is 0 Å². The van der Waals surface area contributed by atoms with Crippen LogP contribution in [-0.4, -0.2) is 127 Å². The molecule has 3 fully saturated rings. The lowest BCUT2D eigenvalue weighted by atomic mass is 10.0. The van der Waals surface area contributed by atoms with Gasteiger partial charge in [-0.05, 0) is 107 Å². The molecule has 2 aromatic rings. The third-order valence-corrected chi connectivity index (χ3v) is 11.9. The highest BCUT2D eigenvalue weighted by atomic mass is 79.9. The Morgan fingerprint density at radius 1 is 0.891 bits per heavy atom. The van der Waals surface area contributed by atoms with E-state index in [9.17, 15) is 14.4 Å². The highest BCUT2D eigenvalue weighted by molar-refractivity contribution is 9.13. The van der Waals surface area contributed by atoms with Crippen molar-refractivity contribution in [1.29, 1.82) is 0 Å². The summed E-state index contributed by atoms with van der Waals surface area (Å²) in [5.74, 6) is -0.136. The SMILES string of the molecule is CN1CCCC(N2CCN(C(=O)[C@@H](Cc3ccc(Br)c(Br)c3)OC(=O)N3CCC(N4CCc5ccccc5NC4=O)CC3)CC2)C1. The Bertz CT molecular complexity index is 1410. The van der Waals surface area contributed by atoms with E-state index in [4.69, 9.17) is 4.74 Å². The Labute approximate surface area is 288 Å². The molecule has 4 aliphatic rings. The van der Waals surface area contributed by atoms with Crippen LogP contribution >= 0.6 is 31.9 Å². The van der Waals surface area contributed by atoms with Gasteiger partial charge in [0.05, 0.1) is 0 Å². The molecule has 0 bridgehead atoms. The lowest BCUT2D eigenvalue weighted by Gasteiger charge is -2.43. The van der Waals surface area contributed by atoms with Gasteiger partial charge in [0.25, 0.3) is 5.91 Å². The maximum atomic E-state index is 14.0. The van der Waals surface area contributed by atoms with Crippen molar-refractivity contribution >= 4 is 55.6 Å². The van der Waals surface area contributed by atoms with E-state index in [2.05, 4.69) is 60.1 Å². The number of rotatable bonds is 6. The summed E-state index contributed by atoms with van der Waals surface area (Å²) in [6, 6.07) is 14.3. The average molecular weight is 761 g/mol. The van der Waals surface area contributed by atoms with E-state index in [1.54, 1.807) is 4.90 Å². The van der Waals surface area contributed by atoms with Crippen LogP contribution in [0.3, 0.4) is 0 Å². The standard InChI is InChI=1S/C34H44Br2N6O4/c1-38-13-4-6-27(23-38)39-17-19-40(20-18-39)32(43)31(22-24-8-9-28(35)29(36)21-24)46-34(45)41-14-11-26(12-15-41)42-16-10-25-5-2-3-7-30(25)37-33(42)44/h2-3,5,7-9,21,26-27,31H,4,6,10-20,22-23H2,1H3,(H,37,44)/t27?,31-/m1/s1. The van der Waals surface area contributed by atoms with Crippen molar-refractivity contribution in [2.24, 2.45) is 0 Å². The quantitative estimate of drug-likeness (QED) is 0.444. The first kappa shape index (κ1) is 33.2. The predicted octanol–water partition coefficient (Wildman–Crippen LogP) is 5.05. The third kappa shape index (κ3) is 7.89. The summed E-state index contributed by atoms with van der Waals surface area (Å²) in [7, 11) is 2.18. The number of fused-ring (bicyclic) bond motifs is 1. The Kier molecular flexibility index (Phi) is 10.9. The number of para-hydroxylation sites is 1. The minimum Gasteiger partial charge on any atom is -0.436 e. The molecule has 1 N–H and O–H groups in total. The number of urea groups is 1. The first-order valence-electron chi connectivity index (χ1n) is 16.5. The van der Waals surface area contributed by atoms with E-state index in [1.165, 1.54) is 12.8 Å². The van der Waals surface area contributed by atoms with Gasteiger partial charge in [0, 0.05) is 85.5 Å². The van der Waals surface area contributed by atoms with Crippen LogP contribution in [0.4, 0.5) is 15.3 Å². The molecular formula is C34H44Br2N6O4. The molecular weight excluding hydrogens is 716 g/mol. The van der Waals surface area contributed by atoms with Gasteiger partial charge in [0.15, 0.2) is 6.10 Å². The number of piperidine rings is 2. The fourth-order valence-electron chi connectivity index (χ4n) is 7.30. The zero-order valence-electron chi connectivity index (χ0n) is 26.5. The highest BCUT2D eigenvalue weighted by Crippen LogP contribution is 2.27. The van der Waals surface area contributed by atoms with Crippen LogP contribution in [0.1, 0.15) is 36.8 Å². The van der Waals surface area contributed by atoms with Gasteiger partial charge >= 0.3 is 12.1 Å². The summed E-state index contributed by atoms with van der Waals surface area (Å²) in [6.07, 6.45) is 3.44. The number of likely N-dealkylation sites (N-methyl/N-ethyl adjacent to an activating group) is 1. The third-order valence-electron chi connectivity index (χ3n) is 9.97. The zero-order valence-corrected chi connectivity index (χ0v) is 29.7. The maximum Gasteiger partial charge on any atom is 0.410 e. The highest BCUT2D eigenvalue weighted by Gasteiger charge is 2.36. The van der Waals surface area contributed by atoms with Gasteiger partial charge in [-0.15, -0.1) is 0 Å². The molecule has 2 atom stereocenters. The number of piperazine rings is 1. The van der Waals surface area contributed by atoms with Crippen molar-refractivity contribution in [3.63, 3.8) is 0 Å². The average Bonchev–Trinajstić information content (AvgIpc) is 3.24. The summed E-state index contributed by atoms with van der Waals surface area (Å²) in [5.41, 5.74) is 2.92. The van der Waals surface area contributed by atoms with Gasteiger partial charge in [-0.2, -0.15) is 0 Å². The topological polar surface area (TPSA) is 88.7 Å². The van der Waals surface area contributed by atoms with E-state index in [0.717, 1.165) is 58.4 Å². The summed E-state index contributed by atoms with van der Waals surface area (Å²) in [6.45, 7) is 6.72. The lowest BCUT2D eigenvalue weighted by molar-refractivity contribution is -0.143. The van der Waals surface area contributed by atoms with E-state index in [0.29, 0.717) is 58.0 Å². The normalized spacial score (nSPS) is 22.5. The van der Waals surface area contributed by atoms with Crippen LogP contribution < -0.4 is 5.32 Å². The van der Waals surface area contributed by atoms with Crippen LogP contribution in [-0.2, 0) is 22.4 Å². The van der Waals surface area contributed by atoms with Gasteiger partial charge in [-0.3, -0.25) is 9.69 Å². The molecule has 2 aromatic carbocycles. The van der Waals surface area contributed by atoms with Crippen molar-refractivity contribution in [2.45, 2.75) is 56.7 Å². The largest absolute Gasteiger partial charge is 0.436 e. The minimum absolute atomic E-state index is 0.0381. The van der Waals surface area contributed by atoms with Crippen LogP contribution in [0, 0.1) is 0 Å². The second-order valence-electron chi connectivity index (χ2n) is 13.0. The molecule has 12 heteroatoms. The number of likely N-dealkylation sites (tertiary alicyclic amines) is 2. The number of amides is 4. The van der Waals surface area contributed by atoms with Crippen molar-refractivity contribution < 1.29 is 19.1 Å². The molecule has 46 heavy (non-hydrogen) atoms. The van der Waals surface area contributed by atoms with Crippen LogP contribution in [0.2, 0.25) is 0 Å². The molecule has 4 aliphatic heterocycles. The van der Waals surface area contributed by atoms with E-state index in [-0.39, 0.29) is 18.0 Å². The lowest BCUT2D eigenvalue weighted by Crippen LogP contribution is -2.57. The summed E-state index contributed by atoms with van der Waals surface area (Å²) in [4.78, 5) is 51.0. The second kappa shape index (κ2) is 15.0. The molecule has 10 nitrogen and oxygen atoms in total. The number of ether oxygens (including phenoxy) is 1. The summed E-state index contributed by atoms with van der Waals surface area (Å²) >= 11 is 7.09. The Balaban J connectivity index is 1.07. The predicted molar refractivity (Wildman–Crippen MR) is 185 cm³/mol. The smallest absolute Gasteiger partial charge is 0.410 e. The van der Waals surface area contributed by atoms with Gasteiger partial charge in [-0.1, -0.05) is 24.3 Å². The number of carbonyl (C=O) groups is 3. The maximum absolute atomic E-state index is 14.0. The van der Waals surface area contributed by atoms with Crippen LogP contribution in [0.5, 0.6) is 0 Å². The van der Waals surface area contributed by atoms with Crippen molar-refractivity contribution in [2.75, 3.05) is 71.3 Å². The first-order chi connectivity index (χ1) is 22.2. The minimum atomic E-state index is -0.916. The zero-order chi connectivity index (χ0) is 32.2.